The third kappa shape index (κ3) is 1.34. The molecule has 1 atom stereocenters. The number of nitrogens with zero attached hydrogens (tertiary/aromatic N) is 1. The molecule has 4 heteroatoms. The van der Waals surface area contributed by atoms with Crippen LogP contribution in [-0.4, -0.2) is 18.2 Å². The lowest BCUT2D eigenvalue weighted by molar-refractivity contribution is 0.170. The zero-order chi connectivity index (χ0) is 11.2. The van der Waals surface area contributed by atoms with E-state index in [0.29, 0.717) is 19.1 Å². The van der Waals surface area contributed by atoms with Crippen molar-refractivity contribution in [2.45, 2.75) is 18.9 Å². The molecular weight excluding hydrogens is 204 g/mol. The number of fused-ring (bicyclic) bond motifs is 1. The molecule has 0 amide bonds. The van der Waals surface area contributed by atoms with Gasteiger partial charge in [0.2, 0.25) is 5.89 Å². The third-order valence-electron chi connectivity index (χ3n) is 3.09. The first kappa shape index (κ1) is 9.81. The maximum atomic E-state index is 6.21. The van der Waals surface area contributed by atoms with Gasteiger partial charge in [0, 0.05) is 6.61 Å². The first-order valence-corrected chi connectivity index (χ1v) is 5.42. The summed E-state index contributed by atoms with van der Waals surface area (Å²) in [4.78, 5) is 4.46. The predicted octanol–water partition coefficient (Wildman–Crippen LogP) is 1.71. The molecule has 1 aliphatic heterocycles. The van der Waals surface area contributed by atoms with E-state index in [0.717, 1.165) is 23.1 Å². The molecule has 0 spiro atoms. The number of hydrogen-bond acceptors (Lipinski definition) is 4. The van der Waals surface area contributed by atoms with Crippen LogP contribution in [0, 0.1) is 6.92 Å². The summed E-state index contributed by atoms with van der Waals surface area (Å²) in [7, 11) is 0. The molecule has 0 bridgehead atoms. The molecule has 1 unspecified atom stereocenters. The Morgan fingerprint density at radius 3 is 3.00 bits per heavy atom. The largest absolute Gasteiger partial charge is 0.438 e. The fourth-order valence-electron chi connectivity index (χ4n) is 2.05. The summed E-state index contributed by atoms with van der Waals surface area (Å²) in [5, 5.41) is 0. The molecule has 2 N–H and O–H groups in total. The number of para-hydroxylation sites is 1. The zero-order valence-corrected chi connectivity index (χ0v) is 9.19. The van der Waals surface area contributed by atoms with Crippen LogP contribution in [0.1, 0.15) is 17.9 Å². The number of aryl methyl sites for hydroxylation is 1. The Kier molecular flexibility index (Phi) is 2.02. The molecule has 16 heavy (non-hydrogen) atoms. The Morgan fingerprint density at radius 2 is 2.31 bits per heavy atom. The van der Waals surface area contributed by atoms with Crippen LogP contribution in [0.4, 0.5) is 0 Å². The Morgan fingerprint density at radius 1 is 1.44 bits per heavy atom. The minimum atomic E-state index is -0.550. The van der Waals surface area contributed by atoms with Gasteiger partial charge in [0.25, 0.3) is 0 Å². The molecular formula is C12H14N2O2. The van der Waals surface area contributed by atoms with Gasteiger partial charge in [-0.05, 0) is 25.0 Å². The van der Waals surface area contributed by atoms with Crippen molar-refractivity contribution in [1.29, 1.82) is 0 Å². The molecule has 3 rings (SSSR count). The fraction of sp³-hybridized carbons (Fsp3) is 0.417. The summed E-state index contributed by atoms with van der Waals surface area (Å²) in [5.41, 5.74) is 8.44. The molecule has 1 aromatic heterocycles. The fourth-order valence-corrected chi connectivity index (χ4v) is 2.05. The second-order valence-corrected chi connectivity index (χ2v) is 4.40. The van der Waals surface area contributed by atoms with E-state index >= 15 is 0 Å². The van der Waals surface area contributed by atoms with E-state index in [1.165, 1.54) is 0 Å². The number of oxazole rings is 1. The minimum Gasteiger partial charge on any atom is -0.438 e. The summed E-state index contributed by atoms with van der Waals surface area (Å²) in [6, 6.07) is 5.92. The molecule has 2 aromatic rings. The van der Waals surface area contributed by atoms with Crippen molar-refractivity contribution in [3.8, 4) is 0 Å². The van der Waals surface area contributed by atoms with Crippen LogP contribution in [0.3, 0.4) is 0 Å². The van der Waals surface area contributed by atoms with Crippen molar-refractivity contribution in [2.24, 2.45) is 5.73 Å². The number of aromatic nitrogens is 1. The van der Waals surface area contributed by atoms with Gasteiger partial charge in [-0.15, -0.1) is 0 Å². The lowest BCUT2D eigenvalue weighted by atomic mass is 10.0. The van der Waals surface area contributed by atoms with E-state index in [4.69, 9.17) is 14.9 Å². The number of nitrogens with two attached hydrogens (primary N) is 1. The van der Waals surface area contributed by atoms with Gasteiger partial charge in [-0.1, -0.05) is 12.1 Å². The number of rotatable bonds is 1. The Hall–Kier alpha value is -1.39. The molecule has 0 aliphatic carbocycles. The van der Waals surface area contributed by atoms with Crippen LogP contribution in [0.2, 0.25) is 0 Å². The molecule has 2 heterocycles. The Bertz CT molecular complexity index is 527. The van der Waals surface area contributed by atoms with E-state index in [2.05, 4.69) is 4.98 Å². The smallest absolute Gasteiger partial charge is 0.218 e. The third-order valence-corrected chi connectivity index (χ3v) is 3.09. The van der Waals surface area contributed by atoms with E-state index in [1.807, 2.05) is 25.1 Å². The first-order chi connectivity index (χ1) is 7.69. The normalized spacial score (nSPS) is 25.4. The second-order valence-electron chi connectivity index (χ2n) is 4.40. The van der Waals surface area contributed by atoms with Crippen molar-refractivity contribution in [3.63, 3.8) is 0 Å². The highest BCUT2D eigenvalue weighted by Crippen LogP contribution is 2.30. The standard InChI is InChI=1S/C12H14N2O2/c1-8-3-2-4-9-10(8)16-11(14-9)12(13)5-6-15-7-12/h2-4H,5-7,13H2,1H3. The number of ether oxygens (including phenoxy) is 1. The van der Waals surface area contributed by atoms with Crippen LogP contribution in [0.5, 0.6) is 0 Å². The lowest BCUT2D eigenvalue weighted by Crippen LogP contribution is -2.37. The van der Waals surface area contributed by atoms with E-state index in [1.54, 1.807) is 0 Å². The highest BCUT2D eigenvalue weighted by atomic mass is 16.5. The van der Waals surface area contributed by atoms with Crippen molar-refractivity contribution in [1.82, 2.24) is 4.98 Å². The predicted molar refractivity (Wildman–Crippen MR) is 60.0 cm³/mol. The first-order valence-electron chi connectivity index (χ1n) is 5.42. The van der Waals surface area contributed by atoms with Crippen molar-refractivity contribution < 1.29 is 9.15 Å². The van der Waals surface area contributed by atoms with Gasteiger partial charge in [0.1, 0.15) is 11.1 Å². The monoisotopic (exact) mass is 218 g/mol. The quantitative estimate of drug-likeness (QED) is 0.791. The summed E-state index contributed by atoms with van der Waals surface area (Å²) in [5.74, 6) is 0.592. The Balaban J connectivity index is 2.15. The average molecular weight is 218 g/mol. The summed E-state index contributed by atoms with van der Waals surface area (Å²) in [6.45, 7) is 3.17. The van der Waals surface area contributed by atoms with Gasteiger partial charge in [0.15, 0.2) is 5.58 Å². The molecule has 84 valence electrons. The highest BCUT2D eigenvalue weighted by molar-refractivity contribution is 5.76. The molecule has 0 radical (unpaired) electrons. The summed E-state index contributed by atoms with van der Waals surface area (Å²) in [6.07, 6.45) is 0.763. The maximum Gasteiger partial charge on any atom is 0.218 e. The van der Waals surface area contributed by atoms with E-state index in [9.17, 15) is 0 Å². The lowest BCUT2D eigenvalue weighted by Gasteiger charge is -2.16. The molecule has 1 aliphatic rings. The van der Waals surface area contributed by atoms with Gasteiger partial charge in [0.05, 0.1) is 6.61 Å². The maximum absolute atomic E-state index is 6.21. The molecule has 1 fully saturated rings. The number of hydrogen-bond donors (Lipinski definition) is 1. The zero-order valence-electron chi connectivity index (χ0n) is 9.19. The molecule has 1 saturated heterocycles. The second kappa shape index (κ2) is 3.30. The molecule has 4 nitrogen and oxygen atoms in total. The van der Waals surface area contributed by atoms with Gasteiger partial charge < -0.3 is 14.9 Å². The van der Waals surface area contributed by atoms with Crippen LogP contribution in [0.25, 0.3) is 11.1 Å². The minimum absolute atomic E-state index is 0.485. The van der Waals surface area contributed by atoms with Crippen LogP contribution in [0.15, 0.2) is 22.6 Å². The van der Waals surface area contributed by atoms with Crippen molar-refractivity contribution >= 4 is 11.1 Å². The van der Waals surface area contributed by atoms with E-state index < -0.39 is 5.54 Å². The summed E-state index contributed by atoms with van der Waals surface area (Å²) < 4.78 is 11.1. The summed E-state index contributed by atoms with van der Waals surface area (Å²) >= 11 is 0. The van der Waals surface area contributed by atoms with Crippen LogP contribution >= 0.6 is 0 Å². The van der Waals surface area contributed by atoms with Gasteiger partial charge >= 0.3 is 0 Å². The molecule has 1 aromatic carbocycles. The van der Waals surface area contributed by atoms with Crippen molar-refractivity contribution in [3.05, 3.63) is 29.7 Å². The Labute approximate surface area is 93.4 Å². The number of benzene rings is 1. The van der Waals surface area contributed by atoms with Gasteiger partial charge in [-0.2, -0.15) is 0 Å². The van der Waals surface area contributed by atoms with Gasteiger partial charge in [-0.3, -0.25) is 0 Å². The van der Waals surface area contributed by atoms with Crippen LogP contribution < -0.4 is 5.73 Å². The molecule has 0 saturated carbocycles. The van der Waals surface area contributed by atoms with Crippen LogP contribution in [-0.2, 0) is 10.3 Å². The SMILES string of the molecule is Cc1cccc2nc(C3(N)CCOC3)oc12. The van der Waals surface area contributed by atoms with E-state index in [-0.39, 0.29) is 0 Å². The highest BCUT2D eigenvalue weighted by Gasteiger charge is 2.37. The topological polar surface area (TPSA) is 61.3 Å². The van der Waals surface area contributed by atoms with Gasteiger partial charge in [-0.25, -0.2) is 4.98 Å². The average Bonchev–Trinajstić information content (AvgIpc) is 2.85. The van der Waals surface area contributed by atoms with Crippen molar-refractivity contribution in [2.75, 3.05) is 13.2 Å².